The van der Waals surface area contributed by atoms with Crippen LogP contribution < -0.4 is 11.1 Å². The fraction of sp³-hybridized carbons (Fsp3) is 0.929. The maximum Gasteiger partial charge on any atom is 0.188 e. The molecule has 0 spiro atoms. The van der Waals surface area contributed by atoms with E-state index in [1.807, 2.05) is 0 Å². The van der Waals surface area contributed by atoms with E-state index in [0.717, 1.165) is 32.5 Å². The van der Waals surface area contributed by atoms with Crippen molar-refractivity contribution in [3.8, 4) is 0 Å². The summed E-state index contributed by atoms with van der Waals surface area (Å²) in [5, 5.41) is 3.15. The van der Waals surface area contributed by atoms with E-state index < -0.39 is 0 Å². The molecule has 2 unspecified atom stereocenters. The normalized spacial score (nSPS) is 25.4. The predicted molar refractivity (Wildman–Crippen MR) is 76.7 cm³/mol. The zero-order valence-corrected chi connectivity index (χ0v) is 12.1. The molecule has 1 saturated heterocycles. The number of nitrogens with two attached hydrogens (primary N) is 1. The van der Waals surface area contributed by atoms with E-state index in [1.54, 1.807) is 0 Å². The second kappa shape index (κ2) is 8.35. The number of hydrogen-bond donors (Lipinski definition) is 2. The van der Waals surface area contributed by atoms with Crippen LogP contribution in [0.3, 0.4) is 0 Å². The molecule has 1 fully saturated rings. The van der Waals surface area contributed by atoms with Crippen LogP contribution in [0.2, 0.25) is 0 Å². The molecule has 106 valence electrons. The first-order valence-corrected chi connectivity index (χ1v) is 7.30. The molecular weight excluding hydrogens is 226 g/mol. The van der Waals surface area contributed by atoms with Gasteiger partial charge in [-0.3, -0.25) is 4.99 Å². The highest BCUT2D eigenvalue weighted by atomic mass is 16.5. The van der Waals surface area contributed by atoms with E-state index in [2.05, 4.69) is 31.1 Å². The van der Waals surface area contributed by atoms with Gasteiger partial charge in [-0.25, -0.2) is 0 Å². The fourth-order valence-corrected chi connectivity index (χ4v) is 2.46. The van der Waals surface area contributed by atoms with Crippen molar-refractivity contribution in [1.82, 2.24) is 5.32 Å². The molecule has 1 rings (SSSR count). The maximum atomic E-state index is 5.85. The summed E-state index contributed by atoms with van der Waals surface area (Å²) in [6, 6.07) is 0. The van der Waals surface area contributed by atoms with Gasteiger partial charge in [-0.2, -0.15) is 0 Å². The third-order valence-corrected chi connectivity index (χ3v) is 3.48. The van der Waals surface area contributed by atoms with E-state index in [1.165, 1.54) is 12.8 Å². The maximum absolute atomic E-state index is 5.85. The number of nitrogens with one attached hydrogen (secondary N) is 1. The molecule has 0 radical (unpaired) electrons. The third-order valence-electron chi connectivity index (χ3n) is 3.48. The van der Waals surface area contributed by atoms with E-state index >= 15 is 0 Å². The SMILES string of the molecule is CCCCNC(N)=NCC1CCCOC1C(C)C. The lowest BCUT2D eigenvalue weighted by Gasteiger charge is -2.33. The Morgan fingerprint density at radius 2 is 2.28 bits per heavy atom. The van der Waals surface area contributed by atoms with Gasteiger partial charge in [0.2, 0.25) is 0 Å². The number of ether oxygens (including phenoxy) is 1. The Bertz CT molecular complexity index is 253. The van der Waals surface area contributed by atoms with Gasteiger partial charge < -0.3 is 15.8 Å². The second-order valence-electron chi connectivity index (χ2n) is 5.49. The predicted octanol–water partition coefficient (Wildman–Crippen LogP) is 2.14. The Labute approximate surface area is 111 Å². The molecule has 1 aliphatic rings. The molecule has 0 amide bonds. The largest absolute Gasteiger partial charge is 0.378 e. The molecule has 0 saturated carbocycles. The summed E-state index contributed by atoms with van der Waals surface area (Å²) >= 11 is 0. The van der Waals surface area contributed by atoms with E-state index in [9.17, 15) is 0 Å². The zero-order chi connectivity index (χ0) is 13.4. The first kappa shape index (κ1) is 15.3. The standard InChI is InChI=1S/C14H29N3O/c1-4-5-8-16-14(15)17-10-12-7-6-9-18-13(12)11(2)3/h11-13H,4-10H2,1-3H3,(H3,15,16,17). The quantitative estimate of drug-likeness (QED) is 0.434. The minimum atomic E-state index is 0.339. The van der Waals surface area contributed by atoms with Gasteiger partial charge in [0.1, 0.15) is 0 Å². The first-order valence-electron chi connectivity index (χ1n) is 7.30. The Balaban J connectivity index is 2.36. The van der Waals surface area contributed by atoms with Crippen molar-refractivity contribution in [1.29, 1.82) is 0 Å². The Hall–Kier alpha value is -0.770. The number of unbranched alkanes of at least 4 members (excludes halogenated alkanes) is 1. The summed E-state index contributed by atoms with van der Waals surface area (Å²) in [7, 11) is 0. The lowest BCUT2D eigenvalue weighted by Crippen LogP contribution is -2.37. The molecule has 0 bridgehead atoms. The van der Waals surface area contributed by atoms with Crippen molar-refractivity contribution in [2.75, 3.05) is 19.7 Å². The monoisotopic (exact) mass is 255 g/mol. The molecule has 4 nitrogen and oxygen atoms in total. The number of nitrogens with zero attached hydrogens (tertiary/aromatic N) is 1. The van der Waals surface area contributed by atoms with Crippen molar-refractivity contribution >= 4 is 5.96 Å². The average molecular weight is 255 g/mol. The van der Waals surface area contributed by atoms with Crippen molar-refractivity contribution in [3.05, 3.63) is 0 Å². The van der Waals surface area contributed by atoms with Gasteiger partial charge in [-0.1, -0.05) is 27.2 Å². The van der Waals surface area contributed by atoms with Crippen molar-refractivity contribution in [3.63, 3.8) is 0 Å². The topological polar surface area (TPSA) is 59.6 Å². The molecule has 0 aromatic carbocycles. The van der Waals surface area contributed by atoms with Crippen LogP contribution in [0.25, 0.3) is 0 Å². The first-order chi connectivity index (χ1) is 8.65. The summed E-state index contributed by atoms with van der Waals surface area (Å²) in [5.74, 6) is 1.65. The van der Waals surface area contributed by atoms with Crippen LogP contribution in [0.15, 0.2) is 4.99 Å². The van der Waals surface area contributed by atoms with E-state index in [-0.39, 0.29) is 0 Å². The summed E-state index contributed by atoms with van der Waals surface area (Å²) in [4.78, 5) is 4.46. The summed E-state index contributed by atoms with van der Waals surface area (Å²) < 4.78 is 5.85. The van der Waals surface area contributed by atoms with Gasteiger partial charge in [-0.05, 0) is 25.2 Å². The van der Waals surface area contributed by atoms with Crippen LogP contribution in [-0.4, -0.2) is 31.8 Å². The van der Waals surface area contributed by atoms with Gasteiger partial charge >= 0.3 is 0 Å². The molecule has 2 atom stereocenters. The van der Waals surface area contributed by atoms with Crippen molar-refractivity contribution in [2.45, 2.75) is 52.6 Å². The van der Waals surface area contributed by atoms with E-state index in [4.69, 9.17) is 10.5 Å². The highest BCUT2D eigenvalue weighted by Crippen LogP contribution is 2.26. The molecule has 1 aliphatic heterocycles. The van der Waals surface area contributed by atoms with Crippen LogP contribution in [0.1, 0.15) is 46.5 Å². The Morgan fingerprint density at radius 3 is 2.94 bits per heavy atom. The average Bonchev–Trinajstić information content (AvgIpc) is 2.37. The van der Waals surface area contributed by atoms with Crippen LogP contribution in [0.4, 0.5) is 0 Å². The van der Waals surface area contributed by atoms with Gasteiger partial charge in [-0.15, -0.1) is 0 Å². The third kappa shape index (κ3) is 5.25. The van der Waals surface area contributed by atoms with Gasteiger partial charge in [0.25, 0.3) is 0 Å². The fourth-order valence-electron chi connectivity index (χ4n) is 2.46. The van der Waals surface area contributed by atoms with Crippen molar-refractivity contribution in [2.24, 2.45) is 22.6 Å². The highest BCUT2D eigenvalue weighted by Gasteiger charge is 2.28. The Morgan fingerprint density at radius 1 is 1.50 bits per heavy atom. The van der Waals surface area contributed by atoms with Crippen molar-refractivity contribution < 1.29 is 4.74 Å². The second-order valence-corrected chi connectivity index (χ2v) is 5.49. The number of rotatable bonds is 6. The smallest absolute Gasteiger partial charge is 0.188 e. The summed E-state index contributed by atoms with van der Waals surface area (Å²) in [5.41, 5.74) is 5.85. The molecular formula is C14H29N3O. The van der Waals surface area contributed by atoms with Crippen LogP contribution in [0, 0.1) is 11.8 Å². The van der Waals surface area contributed by atoms with Gasteiger partial charge in [0.15, 0.2) is 5.96 Å². The summed E-state index contributed by atoms with van der Waals surface area (Å²) in [6.07, 6.45) is 5.00. The van der Waals surface area contributed by atoms with Crippen LogP contribution in [-0.2, 0) is 4.74 Å². The molecule has 3 N–H and O–H groups in total. The zero-order valence-electron chi connectivity index (χ0n) is 12.1. The minimum Gasteiger partial charge on any atom is -0.378 e. The minimum absolute atomic E-state index is 0.339. The lowest BCUT2D eigenvalue weighted by atomic mass is 9.87. The molecule has 1 heterocycles. The molecule has 0 aromatic heterocycles. The van der Waals surface area contributed by atoms with E-state index in [0.29, 0.717) is 23.9 Å². The van der Waals surface area contributed by atoms with Crippen LogP contribution >= 0.6 is 0 Å². The molecule has 4 heteroatoms. The summed E-state index contributed by atoms with van der Waals surface area (Å²) in [6.45, 7) is 9.20. The molecule has 0 aliphatic carbocycles. The number of hydrogen-bond acceptors (Lipinski definition) is 2. The molecule has 18 heavy (non-hydrogen) atoms. The number of aliphatic imine (C=N–C) groups is 1. The molecule has 0 aromatic rings. The van der Waals surface area contributed by atoms with Crippen LogP contribution in [0.5, 0.6) is 0 Å². The highest BCUT2D eigenvalue weighted by molar-refractivity contribution is 5.77. The Kier molecular flexibility index (Phi) is 7.09. The van der Waals surface area contributed by atoms with Gasteiger partial charge in [0.05, 0.1) is 6.10 Å². The number of guanidine groups is 1. The van der Waals surface area contributed by atoms with Gasteiger partial charge in [0, 0.05) is 25.6 Å². The lowest BCUT2D eigenvalue weighted by molar-refractivity contribution is -0.0491.